The van der Waals surface area contributed by atoms with E-state index in [4.69, 9.17) is 28.2 Å². The molecule has 0 radical (unpaired) electrons. The molecule has 0 aliphatic carbocycles. The van der Waals surface area contributed by atoms with Gasteiger partial charge in [0.1, 0.15) is 0 Å². The van der Waals surface area contributed by atoms with Crippen molar-refractivity contribution in [2.24, 2.45) is 5.73 Å². The van der Waals surface area contributed by atoms with Crippen LogP contribution < -0.4 is 5.73 Å². The summed E-state index contributed by atoms with van der Waals surface area (Å²) in [5.41, 5.74) is 5.47. The van der Waals surface area contributed by atoms with Crippen LogP contribution in [0, 0.1) is 0 Å². The van der Waals surface area contributed by atoms with Crippen molar-refractivity contribution in [3.63, 3.8) is 0 Å². The third-order valence-electron chi connectivity index (χ3n) is 2.33. The molecule has 0 heterocycles. The van der Waals surface area contributed by atoms with Gasteiger partial charge in [0.15, 0.2) is 0 Å². The topological polar surface area (TPSA) is 72.2 Å². The highest BCUT2D eigenvalue weighted by Gasteiger charge is 2.42. The van der Waals surface area contributed by atoms with Gasteiger partial charge in [0.05, 0.1) is 12.7 Å². The summed E-state index contributed by atoms with van der Waals surface area (Å²) in [7, 11) is 1.57. The molecule has 0 saturated carbocycles. The van der Waals surface area contributed by atoms with Crippen LogP contribution in [0.5, 0.6) is 0 Å². The van der Waals surface area contributed by atoms with Crippen molar-refractivity contribution in [1.82, 2.24) is 0 Å². The first kappa shape index (κ1) is 17.0. The summed E-state index contributed by atoms with van der Waals surface area (Å²) in [4.78, 5) is 0. The summed E-state index contributed by atoms with van der Waals surface area (Å²) in [6.07, 6.45) is 1.75. The van der Waals surface area contributed by atoms with Gasteiger partial charge >= 0.3 is 9.05 Å². The SMILES string of the molecule is CCOC(CCCN)CO[Si](OC)(OC)OC. The zero-order chi connectivity index (χ0) is 13.1. The lowest BCUT2D eigenvalue weighted by atomic mass is 10.2. The summed E-state index contributed by atoms with van der Waals surface area (Å²) < 4.78 is 26.6. The maximum Gasteiger partial charge on any atom is 0.678 e. The van der Waals surface area contributed by atoms with E-state index in [0.29, 0.717) is 19.8 Å². The van der Waals surface area contributed by atoms with E-state index in [0.717, 1.165) is 12.8 Å². The van der Waals surface area contributed by atoms with Gasteiger partial charge in [-0.1, -0.05) is 0 Å². The highest BCUT2D eigenvalue weighted by molar-refractivity contribution is 6.53. The Morgan fingerprint density at radius 3 is 2.12 bits per heavy atom. The number of rotatable bonds is 11. The molecule has 1 atom stereocenters. The van der Waals surface area contributed by atoms with Crippen LogP contribution in [0.25, 0.3) is 0 Å². The van der Waals surface area contributed by atoms with Crippen molar-refractivity contribution in [2.45, 2.75) is 25.9 Å². The molecule has 7 heteroatoms. The Labute approximate surface area is 105 Å². The molecule has 0 fully saturated rings. The van der Waals surface area contributed by atoms with E-state index in [-0.39, 0.29) is 6.10 Å². The van der Waals surface area contributed by atoms with Crippen molar-refractivity contribution >= 4 is 9.05 Å². The van der Waals surface area contributed by atoms with E-state index >= 15 is 0 Å². The van der Waals surface area contributed by atoms with Gasteiger partial charge in [0.25, 0.3) is 0 Å². The first-order valence-corrected chi connectivity index (χ1v) is 7.42. The predicted molar refractivity (Wildman–Crippen MR) is 66.4 cm³/mol. The molecule has 0 rings (SSSR count). The summed E-state index contributed by atoms with van der Waals surface area (Å²) in [5.74, 6) is 0. The van der Waals surface area contributed by atoms with Crippen molar-refractivity contribution in [1.29, 1.82) is 0 Å². The Hall–Kier alpha value is -0.0231. The summed E-state index contributed by atoms with van der Waals surface area (Å²) in [6, 6.07) is 0. The lowest BCUT2D eigenvalue weighted by Crippen LogP contribution is -2.48. The lowest BCUT2D eigenvalue weighted by Gasteiger charge is -2.25. The highest BCUT2D eigenvalue weighted by atomic mass is 28.4. The normalized spacial score (nSPS) is 13.9. The van der Waals surface area contributed by atoms with Crippen molar-refractivity contribution in [3.8, 4) is 0 Å². The minimum absolute atomic E-state index is 0.00382. The summed E-state index contributed by atoms with van der Waals surface area (Å²) in [5, 5.41) is 0. The highest BCUT2D eigenvalue weighted by Crippen LogP contribution is 2.11. The van der Waals surface area contributed by atoms with Gasteiger partial charge in [-0.05, 0) is 26.3 Å². The molecular weight excluding hydrogens is 242 g/mol. The standard InChI is InChI=1S/C10H25NO5Si/c1-5-15-10(7-6-8-11)9-16-17(12-2,13-3)14-4/h10H,5-9,11H2,1-4H3. The Kier molecular flexibility index (Phi) is 9.94. The van der Waals surface area contributed by atoms with Gasteiger partial charge in [0, 0.05) is 27.9 Å². The van der Waals surface area contributed by atoms with Crippen LogP contribution in [0.3, 0.4) is 0 Å². The predicted octanol–water partition coefficient (Wildman–Crippen LogP) is 0.522. The Morgan fingerprint density at radius 2 is 1.71 bits per heavy atom. The molecule has 0 aromatic carbocycles. The molecule has 0 spiro atoms. The number of nitrogens with two attached hydrogens (primary N) is 1. The summed E-state index contributed by atoms with van der Waals surface area (Å²) in [6.45, 7) is 3.61. The van der Waals surface area contributed by atoms with E-state index in [9.17, 15) is 0 Å². The maximum atomic E-state index is 5.60. The zero-order valence-corrected chi connectivity index (χ0v) is 12.2. The molecule has 17 heavy (non-hydrogen) atoms. The van der Waals surface area contributed by atoms with Gasteiger partial charge in [-0.2, -0.15) is 0 Å². The number of hydrogen-bond acceptors (Lipinski definition) is 6. The van der Waals surface area contributed by atoms with Crippen molar-refractivity contribution in [3.05, 3.63) is 0 Å². The molecule has 0 saturated heterocycles. The summed E-state index contributed by atoms with van der Waals surface area (Å²) >= 11 is 0. The second-order valence-corrected chi connectivity index (χ2v) is 5.95. The number of hydrogen-bond donors (Lipinski definition) is 1. The third-order valence-corrected chi connectivity index (χ3v) is 4.35. The first-order chi connectivity index (χ1) is 8.17. The lowest BCUT2D eigenvalue weighted by molar-refractivity contribution is -0.0413. The average Bonchev–Trinajstić information content (AvgIpc) is 2.38. The van der Waals surface area contributed by atoms with Crippen molar-refractivity contribution < 1.29 is 22.4 Å². The molecule has 0 aliphatic heterocycles. The molecule has 0 amide bonds. The second kappa shape index (κ2) is 9.95. The van der Waals surface area contributed by atoms with E-state index in [1.165, 1.54) is 21.3 Å². The maximum absolute atomic E-state index is 5.60. The molecule has 0 aromatic rings. The van der Waals surface area contributed by atoms with Gasteiger partial charge in [0.2, 0.25) is 0 Å². The van der Waals surface area contributed by atoms with Crippen LogP contribution in [0.1, 0.15) is 19.8 Å². The van der Waals surface area contributed by atoms with E-state index in [1.807, 2.05) is 6.92 Å². The smallest absolute Gasteiger partial charge is 0.376 e. The fraction of sp³-hybridized carbons (Fsp3) is 1.00. The minimum Gasteiger partial charge on any atom is -0.376 e. The fourth-order valence-corrected chi connectivity index (χ4v) is 2.66. The van der Waals surface area contributed by atoms with Gasteiger partial charge in [-0.3, -0.25) is 0 Å². The largest absolute Gasteiger partial charge is 0.678 e. The minimum atomic E-state index is -2.96. The number of ether oxygens (including phenoxy) is 1. The molecule has 0 bridgehead atoms. The first-order valence-electron chi connectivity index (χ1n) is 5.79. The molecule has 104 valence electrons. The van der Waals surface area contributed by atoms with Crippen LogP contribution in [-0.4, -0.2) is 56.2 Å². The van der Waals surface area contributed by atoms with E-state index < -0.39 is 9.05 Å². The Morgan fingerprint density at radius 1 is 1.12 bits per heavy atom. The van der Waals surface area contributed by atoms with Gasteiger partial charge in [-0.25, -0.2) is 0 Å². The van der Waals surface area contributed by atoms with Crippen LogP contribution in [0.4, 0.5) is 0 Å². The monoisotopic (exact) mass is 267 g/mol. The molecule has 1 unspecified atom stereocenters. The van der Waals surface area contributed by atoms with Crippen LogP contribution in [0.2, 0.25) is 0 Å². The second-order valence-electron chi connectivity index (χ2n) is 3.43. The van der Waals surface area contributed by atoms with E-state index in [2.05, 4.69) is 0 Å². The molecule has 0 aliphatic rings. The van der Waals surface area contributed by atoms with E-state index in [1.54, 1.807) is 0 Å². The van der Waals surface area contributed by atoms with Crippen LogP contribution in [0.15, 0.2) is 0 Å². The Bertz CT molecular complexity index is 172. The average molecular weight is 267 g/mol. The molecular formula is C10H25NO5Si. The quantitative estimate of drug-likeness (QED) is 0.550. The fourth-order valence-electron chi connectivity index (χ4n) is 1.42. The molecule has 0 aromatic heterocycles. The van der Waals surface area contributed by atoms with Crippen LogP contribution >= 0.6 is 0 Å². The zero-order valence-electron chi connectivity index (χ0n) is 11.2. The molecule has 6 nitrogen and oxygen atoms in total. The van der Waals surface area contributed by atoms with Crippen molar-refractivity contribution in [2.75, 3.05) is 41.1 Å². The third kappa shape index (κ3) is 6.46. The van der Waals surface area contributed by atoms with Crippen LogP contribution in [-0.2, 0) is 22.4 Å². The molecule has 2 N–H and O–H groups in total. The van der Waals surface area contributed by atoms with Gasteiger partial charge < -0.3 is 28.2 Å². The Balaban J connectivity index is 4.15. The van der Waals surface area contributed by atoms with Gasteiger partial charge in [-0.15, -0.1) is 0 Å².